The van der Waals surface area contributed by atoms with Crippen LogP contribution in [0.5, 0.6) is 0 Å². The van der Waals surface area contributed by atoms with Gasteiger partial charge in [-0.3, -0.25) is 0 Å². The summed E-state index contributed by atoms with van der Waals surface area (Å²) >= 11 is 0. The molecule has 130 valence electrons. The fourth-order valence-corrected chi connectivity index (χ4v) is 2.71. The first-order valence-corrected chi connectivity index (χ1v) is 7.78. The molecule has 22 heavy (non-hydrogen) atoms. The zero-order valence-corrected chi connectivity index (χ0v) is 14.0. The second-order valence-electron chi connectivity index (χ2n) is 5.96. The van der Waals surface area contributed by atoms with Crippen LogP contribution in [-0.2, 0) is 28.4 Å². The highest BCUT2D eigenvalue weighted by atomic mass is 16.8. The molecule has 0 amide bonds. The van der Waals surface area contributed by atoms with Crippen molar-refractivity contribution in [3.05, 3.63) is 0 Å². The molecule has 0 spiro atoms. The molecule has 2 heterocycles. The maximum absolute atomic E-state index is 10.2. The van der Waals surface area contributed by atoms with Gasteiger partial charge in [-0.1, -0.05) is 13.3 Å². The summed E-state index contributed by atoms with van der Waals surface area (Å²) < 4.78 is 34.3. The first kappa shape index (κ1) is 18.1. The summed E-state index contributed by atoms with van der Waals surface area (Å²) in [5.74, 6) is -2.29. The van der Waals surface area contributed by atoms with Crippen LogP contribution in [-0.4, -0.2) is 68.7 Å². The Hall–Kier alpha value is -0.280. The van der Waals surface area contributed by atoms with E-state index in [1.807, 2.05) is 0 Å². The lowest BCUT2D eigenvalue weighted by Crippen LogP contribution is -2.71. The molecule has 0 aromatic rings. The Labute approximate surface area is 131 Å². The van der Waals surface area contributed by atoms with E-state index in [1.165, 1.54) is 14.2 Å². The number of hydrogen-bond acceptors (Lipinski definition) is 7. The molecule has 0 aromatic heterocycles. The van der Waals surface area contributed by atoms with Crippen LogP contribution >= 0.6 is 0 Å². The molecule has 2 rings (SSSR count). The van der Waals surface area contributed by atoms with Crippen molar-refractivity contribution in [2.75, 3.05) is 27.4 Å². The molecular formula is C15H28O7. The van der Waals surface area contributed by atoms with E-state index in [-0.39, 0.29) is 6.61 Å². The Morgan fingerprint density at radius 3 is 2.23 bits per heavy atom. The summed E-state index contributed by atoms with van der Waals surface area (Å²) in [6, 6.07) is 0. The Balaban J connectivity index is 2.17. The number of unbranched alkanes of at least 4 members (excludes halogenated alkanes) is 1. The molecule has 0 aliphatic carbocycles. The monoisotopic (exact) mass is 320 g/mol. The first-order valence-electron chi connectivity index (χ1n) is 7.78. The van der Waals surface area contributed by atoms with Crippen molar-refractivity contribution in [2.45, 2.75) is 69.8 Å². The minimum atomic E-state index is -1.14. The number of ether oxygens (including phenoxy) is 6. The van der Waals surface area contributed by atoms with Crippen molar-refractivity contribution in [3.63, 3.8) is 0 Å². The Kier molecular flexibility index (Phi) is 5.82. The van der Waals surface area contributed by atoms with Gasteiger partial charge in [0.2, 0.25) is 11.6 Å². The van der Waals surface area contributed by atoms with Crippen LogP contribution in [0, 0.1) is 0 Å². The van der Waals surface area contributed by atoms with Crippen LogP contribution in [0.15, 0.2) is 0 Å². The average molecular weight is 320 g/mol. The topological polar surface area (TPSA) is 75.6 Å². The normalized spacial score (nSPS) is 45.5. The number of fused-ring (bicyclic) bond motifs is 1. The molecular weight excluding hydrogens is 292 g/mol. The van der Waals surface area contributed by atoms with Gasteiger partial charge >= 0.3 is 0 Å². The van der Waals surface area contributed by atoms with Crippen molar-refractivity contribution < 1.29 is 33.5 Å². The quantitative estimate of drug-likeness (QED) is 0.733. The lowest BCUT2D eigenvalue weighted by molar-refractivity contribution is -0.479. The predicted octanol–water partition coefficient (Wildman–Crippen LogP) is 1.03. The zero-order chi connectivity index (χ0) is 16.4. The van der Waals surface area contributed by atoms with E-state index in [1.54, 1.807) is 13.8 Å². The Morgan fingerprint density at radius 2 is 1.68 bits per heavy atom. The highest BCUT2D eigenvalue weighted by Gasteiger charge is 2.61. The molecule has 6 atom stereocenters. The van der Waals surface area contributed by atoms with E-state index >= 15 is 0 Å². The summed E-state index contributed by atoms with van der Waals surface area (Å²) in [5.41, 5.74) is 0. The Morgan fingerprint density at radius 1 is 1.09 bits per heavy atom. The molecule has 2 saturated heterocycles. The maximum atomic E-state index is 10.2. The third-order valence-electron chi connectivity index (χ3n) is 4.51. The van der Waals surface area contributed by atoms with E-state index in [9.17, 15) is 5.11 Å². The van der Waals surface area contributed by atoms with Crippen LogP contribution in [0.2, 0.25) is 0 Å². The third kappa shape index (κ3) is 3.17. The molecule has 0 aromatic carbocycles. The number of hydrogen-bond donors (Lipinski definition) is 1. The van der Waals surface area contributed by atoms with Crippen LogP contribution in [0.25, 0.3) is 0 Å². The van der Waals surface area contributed by atoms with Crippen molar-refractivity contribution in [1.82, 2.24) is 0 Å². The second kappa shape index (κ2) is 7.09. The molecule has 1 N–H and O–H groups in total. The molecule has 0 unspecified atom stereocenters. The van der Waals surface area contributed by atoms with E-state index in [2.05, 4.69) is 6.92 Å². The number of aliphatic hydroxyl groups excluding tert-OH is 1. The van der Waals surface area contributed by atoms with Gasteiger partial charge in [0.15, 0.2) is 6.29 Å². The minimum Gasteiger partial charge on any atom is -0.388 e. The van der Waals surface area contributed by atoms with Crippen LogP contribution in [0.1, 0.15) is 33.6 Å². The van der Waals surface area contributed by atoms with Crippen molar-refractivity contribution in [3.8, 4) is 0 Å². The van der Waals surface area contributed by atoms with Gasteiger partial charge in [-0.15, -0.1) is 0 Å². The molecule has 0 bridgehead atoms. The summed E-state index contributed by atoms with van der Waals surface area (Å²) in [6.07, 6.45) is -0.652. The average Bonchev–Trinajstić information content (AvgIpc) is 2.52. The first-order chi connectivity index (χ1) is 10.4. The van der Waals surface area contributed by atoms with E-state index in [4.69, 9.17) is 28.4 Å². The Bertz CT molecular complexity index is 366. The summed E-state index contributed by atoms with van der Waals surface area (Å²) in [7, 11) is 3.04. The zero-order valence-electron chi connectivity index (χ0n) is 14.0. The number of aliphatic hydroxyl groups is 1. The third-order valence-corrected chi connectivity index (χ3v) is 4.51. The van der Waals surface area contributed by atoms with Gasteiger partial charge in [0.1, 0.15) is 18.3 Å². The van der Waals surface area contributed by atoms with E-state index in [0.717, 1.165) is 12.8 Å². The van der Waals surface area contributed by atoms with Gasteiger partial charge < -0.3 is 33.5 Å². The predicted molar refractivity (Wildman–Crippen MR) is 77.2 cm³/mol. The van der Waals surface area contributed by atoms with E-state index < -0.39 is 36.2 Å². The van der Waals surface area contributed by atoms with Gasteiger partial charge in [0.25, 0.3) is 0 Å². The molecule has 0 radical (unpaired) electrons. The summed E-state index contributed by atoms with van der Waals surface area (Å²) in [4.78, 5) is 0. The van der Waals surface area contributed by atoms with Crippen LogP contribution in [0.4, 0.5) is 0 Å². The smallest absolute Gasteiger partial charge is 0.220 e. The van der Waals surface area contributed by atoms with Gasteiger partial charge in [0, 0.05) is 20.8 Å². The van der Waals surface area contributed by atoms with Crippen LogP contribution < -0.4 is 0 Å². The second-order valence-corrected chi connectivity index (χ2v) is 5.96. The van der Waals surface area contributed by atoms with Gasteiger partial charge in [-0.2, -0.15) is 0 Å². The van der Waals surface area contributed by atoms with Crippen LogP contribution in [0.3, 0.4) is 0 Å². The molecule has 0 saturated carbocycles. The SMILES string of the molecule is CCCCO[C@@H]1OC[C@H](O)[C@H]2O[C@](C)(OC)[C@@](C)(OC)O[C@H]12. The van der Waals surface area contributed by atoms with E-state index in [0.29, 0.717) is 6.61 Å². The standard InChI is InChI=1S/C15H28O7/c1-6-7-8-19-13-12-11(10(16)9-20-13)21-14(2,17-4)15(3,18-5)22-12/h10-13,16H,6-9H2,1-5H3/t10-,11+,12-,13+,14-,15-/m0/s1. The largest absolute Gasteiger partial charge is 0.388 e. The minimum absolute atomic E-state index is 0.130. The van der Waals surface area contributed by atoms with Gasteiger partial charge in [0.05, 0.1) is 6.61 Å². The summed E-state index contributed by atoms with van der Waals surface area (Å²) in [5, 5.41) is 10.2. The molecule has 2 aliphatic heterocycles. The number of methoxy groups -OCH3 is 2. The lowest BCUT2D eigenvalue weighted by atomic mass is 9.98. The molecule has 7 nitrogen and oxygen atoms in total. The fraction of sp³-hybridized carbons (Fsp3) is 1.00. The summed E-state index contributed by atoms with van der Waals surface area (Å²) in [6.45, 7) is 6.24. The van der Waals surface area contributed by atoms with Crippen molar-refractivity contribution in [1.29, 1.82) is 0 Å². The maximum Gasteiger partial charge on any atom is 0.220 e. The van der Waals surface area contributed by atoms with Gasteiger partial charge in [-0.05, 0) is 20.3 Å². The molecule has 2 aliphatic rings. The lowest BCUT2D eigenvalue weighted by Gasteiger charge is -2.55. The highest BCUT2D eigenvalue weighted by Crippen LogP contribution is 2.42. The van der Waals surface area contributed by atoms with Gasteiger partial charge in [-0.25, -0.2) is 0 Å². The van der Waals surface area contributed by atoms with Crippen molar-refractivity contribution in [2.24, 2.45) is 0 Å². The van der Waals surface area contributed by atoms with Crippen molar-refractivity contribution >= 4 is 0 Å². The fourth-order valence-electron chi connectivity index (χ4n) is 2.71. The number of rotatable bonds is 6. The molecule has 2 fully saturated rings. The molecule has 7 heteroatoms. The highest BCUT2D eigenvalue weighted by molar-refractivity contribution is 4.96.